The average molecular weight is 198 g/mol. The van der Waals surface area contributed by atoms with Gasteiger partial charge in [-0.25, -0.2) is 0 Å². The van der Waals surface area contributed by atoms with Crippen molar-refractivity contribution >= 4 is 0 Å². The summed E-state index contributed by atoms with van der Waals surface area (Å²) in [6.07, 6.45) is 5.28. The second kappa shape index (κ2) is 4.63. The van der Waals surface area contributed by atoms with Crippen molar-refractivity contribution in [2.45, 2.75) is 58.0 Å². The smallest absolute Gasteiger partial charge is 0.0331 e. The largest absolute Gasteiger partial charge is 0.329 e. The van der Waals surface area contributed by atoms with Crippen LogP contribution in [0.15, 0.2) is 0 Å². The van der Waals surface area contributed by atoms with E-state index >= 15 is 0 Å². The lowest BCUT2D eigenvalue weighted by molar-refractivity contribution is 0.0759. The minimum atomic E-state index is 0.245. The third-order valence-electron chi connectivity index (χ3n) is 4.04. The van der Waals surface area contributed by atoms with Gasteiger partial charge in [-0.15, -0.1) is 0 Å². The Labute approximate surface area is 88.8 Å². The number of rotatable bonds is 6. The molecule has 2 nitrogen and oxygen atoms in total. The van der Waals surface area contributed by atoms with Crippen molar-refractivity contribution in [1.29, 1.82) is 0 Å². The highest BCUT2D eigenvalue weighted by Crippen LogP contribution is 2.42. The Hall–Kier alpha value is -0.0800. The Kier molecular flexibility index (Phi) is 3.96. The molecule has 2 N–H and O–H groups in total. The van der Waals surface area contributed by atoms with E-state index in [9.17, 15) is 0 Å². The molecular weight excluding hydrogens is 172 g/mol. The van der Waals surface area contributed by atoms with Crippen LogP contribution in [0.2, 0.25) is 0 Å². The van der Waals surface area contributed by atoms with E-state index in [2.05, 4.69) is 32.7 Å². The van der Waals surface area contributed by atoms with Crippen molar-refractivity contribution < 1.29 is 0 Å². The molecule has 0 aliphatic heterocycles. The van der Waals surface area contributed by atoms with Crippen LogP contribution in [0.5, 0.6) is 0 Å². The SMILES string of the molecule is CCCC(C)N(C)C(C)(CN)C1CC1. The maximum atomic E-state index is 5.94. The highest BCUT2D eigenvalue weighted by atomic mass is 15.2. The van der Waals surface area contributed by atoms with Gasteiger partial charge in [0, 0.05) is 18.1 Å². The molecule has 1 rings (SSSR count). The van der Waals surface area contributed by atoms with Gasteiger partial charge in [0.1, 0.15) is 0 Å². The monoisotopic (exact) mass is 198 g/mol. The first-order valence-electron chi connectivity index (χ1n) is 5.99. The second-order valence-corrected chi connectivity index (χ2v) is 5.08. The number of hydrogen-bond donors (Lipinski definition) is 1. The van der Waals surface area contributed by atoms with Crippen LogP contribution >= 0.6 is 0 Å². The molecule has 1 aliphatic rings. The first-order chi connectivity index (χ1) is 6.56. The van der Waals surface area contributed by atoms with E-state index in [4.69, 9.17) is 5.73 Å². The topological polar surface area (TPSA) is 29.3 Å². The molecular formula is C12H26N2. The molecule has 1 fully saturated rings. The fourth-order valence-electron chi connectivity index (χ4n) is 2.42. The fourth-order valence-corrected chi connectivity index (χ4v) is 2.42. The van der Waals surface area contributed by atoms with Crippen molar-refractivity contribution in [2.75, 3.05) is 13.6 Å². The second-order valence-electron chi connectivity index (χ2n) is 5.08. The summed E-state index contributed by atoms with van der Waals surface area (Å²) in [6, 6.07) is 0.661. The maximum absolute atomic E-state index is 5.94. The molecule has 0 radical (unpaired) electrons. The highest BCUT2D eigenvalue weighted by Gasteiger charge is 2.44. The molecule has 0 saturated heterocycles. The Morgan fingerprint density at radius 2 is 2.07 bits per heavy atom. The van der Waals surface area contributed by atoms with Crippen LogP contribution in [0.25, 0.3) is 0 Å². The van der Waals surface area contributed by atoms with Crippen molar-refractivity contribution in [3.8, 4) is 0 Å². The Bertz CT molecular complexity index is 177. The summed E-state index contributed by atoms with van der Waals surface area (Å²) in [4.78, 5) is 2.51. The zero-order chi connectivity index (χ0) is 10.8. The quantitative estimate of drug-likeness (QED) is 0.709. The summed E-state index contributed by atoms with van der Waals surface area (Å²) in [5.41, 5.74) is 6.19. The Morgan fingerprint density at radius 3 is 2.43 bits per heavy atom. The van der Waals surface area contributed by atoms with Crippen LogP contribution in [0.3, 0.4) is 0 Å². The molecule has 0 heterocycles. The summed E-state index contributed by atoms with van der Waals surface area (Å²) >= 11 is 0. The lowest BCUT2D eigenvalue weighted by atomic mass is 9.92. The summed E-state index contributed by atoms with van der Waals surface area (Å²) in [6.45, 7) is 7.69. The van der Waals surface area contributed by atoms with Crippen molar-refractivity contribution in [3.05, 3.63) is 0 Å². The van der Waals surface area contributed by atoms with Crippen LogP contribution in [-0.2, 0) is 0 Å². The van der Waals surface area contributed by atoms with Crippen LogP contribution in [-0.4, -0.2) is 30.1 Å². The molecule has 0 spiro atoms. The Morgan fingerprint density at radius 1 is 1.50 bits per heavy atom. The first kappa shape index (κ1) is 12.0. The highest BCUT2D eigenvalue weighted by molar-refractivity contribution is 5.00. The molecule has 2 atom stereocenters. The van der Waals surface area contributed by atoms with Crippen LogP contribution in [0.4, 0.5) is 0 Å². The third-order valence-corrected chi connectivity index (χ3v) is 4.04. The minimum absolute atomic E-state index is 0.245. The number of hydrogen-bond acceptors (Lipinski definition) is 2. The number of nitrogens with two attached hydrogens (primary N) is 1. The van der Waals surface area contributed by atoms with Gasteiger partial charge in [-0.3, -0.25) is 4.90 Å². The number of likely N-dealkylation sites (N-methyl/N-ethyl adjacent to an activating group) is 1. The summed E-state index contributed by atoms with van der Waals surface area (Å²) in [7, 11) is 2.24. The van der Waals surface area contributed by atoms with Gasteiger partial charge in [-0.1, -0.05) is 13.3 Å². The Balaban J connectivity index is 2.58. The average Bonchev–Trinajstić information content (AvgIpc) is 2.99. The van der Waals surface area contributed by atoms with Crippen LogP contribution in [0.1, 0.15) is 46.5 Å². The van der Waals surface area contributed by atoms with Gasteiger partial charge in [-0.05, 0) is 46.1 Å². The van der Waals surface area contributed by atoms with E-state index in [0.29, 0.717) is 6.04 Å². The lowest BCUT2D eigenvalue weighted by Crippen LogP contribution is -2.54. The summed E-state index contributed by atoms with van der Waals surface area (Å²) < 4.78 is 0. The van der Waals surface area contributed by atoms with Gasteiger partial charge in [0.25, 0.3) is 0 Å². The lowest BCUT2D eigenvalue weighted by Gasteiger charge is -2.42. The minimum Gasteiger partial charge on any atom is -0.329 e. The fraction of sp³-hybridized carbons (Fsp3) is 1.00. The van der Waals surface area contributed by atoms with Gasteiger partial charge in [0.15, 0.2) is 0 Å². The van der Waals surface area contributed by atoms with Crippen LogP contribution < -0.4 is 5.73 Å². The molecule has 0 bridgehead atoms. The molecule has 1 saturated carbocycles. The van der Waals surface area contributed by atoms with E-state index in [-0.39, 0.29) is 5.54 Å². The van der Waals surface area contributed by atoms with Gasteiger partial charge >= 0.3 is 0 Å². The summed E-state index contributed by atoms with van der Waals surface area (Å²) in [5, 5.41) is 0. The van der Waals surface area contributed by atoms with Gasteiger partial charge in [-0.2, -0.15) is 0 Å². The van der Waals surface area contributed by atoms with Gasteiger partial charge in [0.2, 0.25) is 0 Å². The predicted molar refractivity (Wildman–Crippen MR) is 62.3 cm³/mol. The van der Waals surface area contributed by atoms with Crippen molar-refractivity contribution in [2.24, 2.45) is 11.7 Å². The van der Waals surface area contributed by atoms with E-state index in [1.807, 2.05) is 0 Å². The molecule has 84 valence electrons. The third kappa shape index (κ3) is 2.29. The molecule has 2 unspecified atom stereocenters. The molecule has 0 amide bonds. The van der Waals surface area contributed by atoms with Crippen LogP contribution in [0, 0.1) is 5.92 Å². The van der Waals surface area contributed by atoms with E-state index < -0.39 is 0 Å². The number of nitrogens with zero attached hydrogens (tertiary/aromatic N) is 1. The molecule has 0 aromatic heterocycles. The predicted octanol–water partition coefficient (Wildman–Crippen LogP) is 2.23. The summed E-state index contributed by atoms with van der Waals surface area (Å²) in [5.74, 6) is 0.844. The normalized spacial score (nSPS) is 23.6. The van der Waals surface area contributed by atoms with Crippen molar-refractivity contribution in [1.82, 2.24) is 4.90 Å². The molecule has 0 aromatic rings. The van der Waals surface area contributed by atoms with E-state index in [0.717, 1.165) is 12.5 Å². The first-order valence-corrected chi connectivity index (χ1v) is 5.99. The molecule has 1 aliphatic carbocycles. The molecule has 2 heteroatoms. The standard InChI is InChI=1S/C12H26N2/c1-5-6-10(2)14(4)12(3,9-13)11-7-8-11/h10-11H,5-9,13H2,1-4H3. The van der Waals surface area contributed by atoms with Gasteiger partial charge in [0.05, 0.1) is 0 Å². The molecule has 14 heavy (non-hydrogen) atoms. The zero-order valence-corrected chi connectivity index (χ0v) is 10.2. The van der Waals surface area contributed by atoms with Gasteiger partial charge < -0.3 is 5.73 Å². The molecule has 0 aromatic carbocycles. The van der Waals surface area contributed by atoms with E-state index in [1.54, 1.807) is 0 Å². The maximum Gasteiger partial charge on any atom is 0.0331 e. The van der Waals surface area contributed by atoms with E-state index in [1.165, 1.54) is 25.7 Å². The van der Waals surface area contributed by atoms with Crippen molar-refractivity contribution in [3.63, 3.8) is 0 Å². The zero-order valence-electron chi connectivity index (χ0n) is 10.2.